The molecule has 0 aliphatic rings. The maximum Gasteiger partial charge on any atom is 0.170 e. The summed E-state index contributed by atoms with van der Waals surface area (Å²) in [7, 11) is 0. The van der Waals surface area contributed by atoms with Crippen molar-refractivity contribution in [1.82, 2.24) is 0 Å². The third-order valence-electron chi connectivity index (χ3n) is 1.73. The second-order valence-electron chi connectivity index (χ2n) is 2.86. The fourth-order valence-electron chi connectivity index (χ4n) is 0.962. The topological polar surface area (TPSA) is 26.0 Å². The molecule has 0 radical (unpaired) electrons. The van der Waals surface area contributed by atoms with Crippen LogP contribution in [0.3, 0.4) is 0 Å². The van der Waals surface area contributed by atoms with Crippen LogP contribution in [0.4, 0.5) is 8.78 Å². The molecule has 13 heavy (non-hydrogen) atoms. The maximum atomic E-state index is 12.5. The second-order valence-corrected chi connectivity index (χ2v) is 2.86. The first kappa shape index (κ1) is 9.86. The van der Waals surface area contributed by atoms with Crippen molar-refractivity contribution < 1.29 is 8.78 Å². The fourth-order valence-corrected chi connectivity index (χ4v) is 0.962. The molecule has 0 fully saturated rings. The normalized spacial score (nSPS) is 12.5. The molecule has 0 aromatic heterocycles. The number of nitrogens with two attached hydrogens (primary N) is 1. The minimum absolute atomic E-state index is 0.298. The van der Waals surface area contributed by atoms with Crippen molar-refractivity contribution in [3.05, 3.63) is 47.8 Å². The predicted molar refractivity (Wildman–Crippen MR) is 48.3 cm³/mol. The molecule has 1 aromatic carbocycles. The first-order valence-corrected chi connectivity index (χ1v) is 3.91. The van der Waals surface area contributed by atoms with Gasteiger partial charge in [-0.15, -0.1) is 0 Å². The minimum atomic E-state index is -1.51. The summed E-state index contributed by atoms with van der Waals surface area (Å²) in [6.07, 6.45) is -1.16. The molecular formula is C10H11F2N. The Morgan fingerprint density at radius 3 is 2.38 bits per heavy atom. The third kappa shape index (κ3) is 2.95. The van der Waals surface area contributed by atoms with Gasteiger partial charge in [-0.05, 0) is 29.7 Å². The van der Waals surface area contributed by atoms with E-state index in [1.54, 1.807) is 12.1 Å². The summed E-state index contributed by atoms with van der Waals surface area (Å²) in [5.74, 6) is -0.307. The van der Waals surface area contributed by atoms with Gasteiger partial charge in [-0.25, -0.2) is 8.78 Å². The Balaban J connectivity index is 2.65. The average Bonchev–Trinajstić information content (AvgIpc) is 2.08. The molecule has 0 bridgehead atoms. The monoisotopic (exact) mass is 183 g/mol. The van der Waals surface area contributed by atoms with Crippen LogP contribution in [0, 0.1) is 5.82 Å². The van der Waals surface area contributed by atoms with Gasteiger partial charge in [-0.3, -0.25) is 5.73 Å². The summed E-state index contributed by atoms with van der Waals surface area (Å²) >= 11 is 0. The van der Waals surface area contributed by atoms with E-state index in [0.29, 0.717) is 12.0 Å². The Bertz CT molecular complexity index is 290. The Labute approximate surface area is 75.9 Å². The van der Waals surface area contributed by atoms with Gasteiger partial charge in [0.15, 0.2) is 6.30 Å². The molecule has 0 amide bonds. The fraction of sp³-hybridized carbons (Fsp3) is 0.200. The van der Waals surface area contributed by atoms with Crippen molar-refractivity contribution in [2.24, 2.45) is 5.73 Å². The van der Waals surface area contributed by atoms with Crippen molar-refractivity contribution in [2.45, 2.75) is 12.7 Å². The van der Waals surface area contributed by atoms with Gasteiger partial charge in [0.1, 0.15) is 5.82 Å². The van der Waals surface area contributed by atoms with Gasteiger partial charge < -0.3 is 0 Å². The summed E-state index contributed by atoms with van der Waals surface area (Å²) in [5.41, 5.74) is 6.08. The highest BCUT2D eigenvalue weighted by Gasteiger charge is 2.04. The lowest BCUT2D eigenvalue weighted by Gasteiger charge is -2.06. The molecule has 0 aliphatic heterocycles. The van der Waals surface area contributed by atoms with E-state index < -0.39 is 6.30 Å². The van der Waals surface area contributed by atoms with Crippen LogP contribution < -0.4 is 5.73 Å². The van der Waals surface area contributed by atoms with Gasteiger partial charge in [0.2, 0.25) is 0 Å². The molecule has 0 saturated heterocycles. The molecule has 1 aromatic rings. The molecule has 1 nitrogen and oxygen atoms in total. The smallest absolute Gasteiger partial charge is 0.170 e. The molecule has 0 spiro atoms. The lowest BCUT2D eigenvalue weighted by molar-refractivity contribution is 0.389. The van der Waals surface area contributed by atoms with Crippen molar-refractivity contribution in [3.8, 4) is 0 Å². The molecule has 0 heterocycles. The standard InChI is InChI=1S/C10H11F2N/c1-7(10(12)13)6-8-2-4-9(11)5-3-8/h2-5,10H,1,6,13H2. The number of alkyl halides is 1. The Morgan fingerprint density at radius 2 is 1.92 bits per heavy atom. The SMILES string of the molecule is C=C(Cc1ccc(F)cc1)C(N)F. The van der Waals surface area contributed by atoms with Crippen LogP contribution >= 0.6 is 0 Å². The third-order valence-corrected chi connectivity index (χ3v) is 1.73. The van der Waals surface area contributed by atoms with E-state index in [1.165, 1.54) is 12.1 Å². The molecule has 0 aliphatic carbocycles. The molecule has 3 heteroatoms. The largest absolute Gasteiger partial charge is 0.298 e. The van der Waals surface area contributed by atoms with Crippen molar-refractivity contribution >= 4 is 0 Å². The van der Waals surface area contributed by atoms with Crippen molar-refractivity contribution in [1.29, 1.82) is 0 Å². The van der Waals surface area contributed by atoms with Crippen LogP contribution in [0.5, 0.6) is 0 Å². The average molecular weight is 183 g/mol. The highest BCUT2D eigenvalue weighted by molar-refractivity contribution is 5.22. The Kier molecular flexibility index (Phi) is 3.14. The van der Waals surface area contributed by atoms with Crippen LogP contribution in [0.2, 0.25) is 0 Å². The van der Waals surface area contributed by atoms with Crippen LogP contribution in [0.1, 0.15) is 5.56 Å². The highest BCUT2D eigenvalue weighted by atomic mass is 19.1. The molecule has 1 atom stereocenters. The number of benzene rings is 1. The predicted octanol–water partition coefficient (Wildman–Crippen LogP) is 2.18. The number of halogens is 2. The van der Waals surface area contributed by atoms with Crippen LogP contribution in [0.15, 0.2) is 36.4 Å². The van der Waals surface area contributed by atoms with Gasteiger partial charge in [0.25, 0.3) is 0 Å². The number of hydrogen-bond donors (Lipinski definition) is 1. The van der Waals surface area contributed by atoms with E-state index in [4.69, 9.17) is 5.73 Å². The first-order valence-electron chi connectivity index (χ1n) is 3.91. The Morgan fingerprint density at radius 1 is 1.38 bits per heavy atom. The van der Waals surface area contributed by atoms with Gasteiger partial charge in [-0.1, -0.05) is 18.7 Å². The first-order chi connectivity index (χ1) is 6.09. The molecule has 70 valence electrons. The second kappa shape index (κ2) is 4.14. The molecular weight excluding hydrogens is 172 g/mol. The van der Waals surface area contributed by atoms with Crippen molar-refractivity contribution in [3.63, 3.8) is 0 Å². The lowest BCUT2D eigenvalue weighted by atomic mass is 10.1. The van der Waals surface area contributed by atoms with Gasteiger partial charge >= 0.3 is 0 Å². The summed E-state index contributed by atoms with van der Waals surface area (Å²) in [6.45, 7) is 3.48. The number of rotatable bonds is 3. The van der Waals surface area contributed by atoms with Crippen LogP contribution in [-0.4, -0.2) is 6.30 Å². The van der Waals surface area contributed by atoms with Gasteiger partial charge in [0, 0.05) is 0 Å². The maximum absolute atomic E-state index is 12.5. The summed E-state index contributed by atoms with van der Waals surface area (Å²) < 4.78 is 24.9. The zero-order valence-corrected chi connectivity index (χ0v) is 7.13. The quantitative estimate of drug-likeness (QED) is 0.564. The number of hydrogen-bond acceptors (Lipinski definition) is 1. The molecule has 1 rings (SSSR count). The van der Waals surface area contributed by atoms with Gasteiger partial charge in [-0.2, -0.15) is 0 Å². The molecule has 2 N–H and O–H groups in total. The van der Waals surface area contributed by atoms with Crippen LogP contribution in [0.25, 0.3) is 0 Å². The van der Waals surface area contributed by atoms with Gasteiger partial charge in [0.05, 0.1) is 0 Å². The summed E-state index contributed by atoms with van der Waals surface area (Å²) in [5, 5.41) is 0. The van der Waals surface area contributed by atoms with E-state index in [1.807, 2.05) is 0 Å². The van der Waals surface area contributed by atoms with E-state index in [9.17, 15) is 8.78 Å². The molecule has 1 unspecified atom stereocenters. The van der Waals surface area contributed by atoms with Crippen LogP contribution in [-0.2, 0) is 6.42 Å². The Hall–Kier alpha value is -1.22. The lowest BCUT2D eigenvalue weighted by Crippen LogP contribution is -2.16. The van der Waals surface area contributed by atoms with E-state index in [0.717, 1.165) is 5.56 Å². The highest BCUT2D eigenvalue weighted by Crippen LogP contribution is 2.10. The zero-order chi connectivity index (χ0) is 9.84. The van der Waals surface area contributed by atoms with Crippen molar-refractivity contribution in [2.75, 3.05) is 0 Å². The summed E-state index contributed by atoms with van der Waals surface area (Å²) in [4.78, 5) is 0. The van der Waals surface area contributed by atoms with E-state index >= 15 is 0 Å². The summed E-state index contributed by atoms with van der Waals surface area (Å²) in [6, 6.07) is 5.82. The minimum Gasteiger partial charge on any atom is -0.298 e. The van der Waals surface area contributed by atoms with E-state index in [-0.39, 0.29) is 5.82 Å². The van der Waals surface area contributed by atoms with E-state index in [2.05, 4.69) is 6.58 Å². The molecule has 0 saturated carbocycles. The zero-order valence-electron chi connectivity index (χ0n) is 7.13.